The lowest BCUT2D eigenvalue weighted by atomic mass is 10.7. The van der Waals surface area contributed by atoms with E-state index in [4.69, 9.17) is 5.11 Å². The van der Waals surface area contributed by atoms with Gasteiger partial charge in [-0.15, -0.1) is 0 Å². The molecule has 5 heteroatoms. The molecule has 0 fully saturated rings. The Hall–Kier alpha value is -0.710. The lowest BCUT2D eigenvalue weighted by Crippen LogP contribution is -2.20. The van der Waals surface area contributed by atoms with Gasteiger partial charge in [0.25, 0.3) is 0 Å². The summed E-state index contributed by atoms with van der Waals surface area (Å²) in [5.41, 5.74) is 0. The van der Waals surface area contributed by atoms with Crippen LogP contribution in [0.15, 0.2) is 0 Å². The standard InChI is InChI=1S/C4H6F2O3/c1-4(5,6)9-2-3(7)8/h2H2,1H3,(H,7,8). The number of halogens is 2. The normalized spacial score (nSPS) is 11.4. The van der Waals surface area contributed by atoms with Crippen molar-refractivity contribution in [2.75, 3.05) is 6.61 Å². The minimum Gasteiger partial charge on any atom is -0.480 e. The predicted octanol–water partition coefficient (Wildman–Crippen LogP) is 0.700. The van der Waals surface area contributed by atoms with Crippen LogP contribution in [0.4, 0.5) is 8.78 Å². The van der Waals surface area contributed by atoms with Crippen LogP contribution in [0, 0.1) is 0 Å². The quantitative estimate of drug-likeness (QED) is 0.627. The molecule has 0 spiro atoms. The van der Waals surface area contributed by atoms with Gasteiger partial charge in [-0.2, -0.15) is 8.78 Å². The van der Waals surface area contributed by atoms with Crippen molar-refractivity contribution in [3.8, 4) is 0 Å². The molecule has 0 amide bonds. The Labute approximate surface area is 50.2 Å². The summed E-state index contributed by atoms with van der Waals surface area (Å²) < 4.78 is 26.8. The fraction of sp³-hybridized carbons (Fsp3) is 0.750. The summed E-state index contributed by atoms with van der Waals surface area (Å²) in [6, 6.07) is 0. The Morgan fingerprint density at radius 2 is 2.22 bits per heavy atom. The van der Waals surface area contributed by atoms with E-state index in [0.29, 0.717) is 6.92 Å². The Kier molecular flexibility index (Phi) is 2.51. The van der Waals surface area contributed by atoms with E-state index in [1.807, 2.05) is 0 Å². The highest BCUT2D eigenvalue weighted by Crippen LogP contribution is 2.11. The third-order valence-electron chi connectivity index (χ3n) is 0.449. The molecule has 0 heterocycles. The van der Waals surface area contributed by atoms with E-state index in [1.54, 1.807) is 0 Å². The van der Waals surface area contributed by atoms with Crippen molar-refractivity contribution in [3.05, 3.63) is 0 Å². The summed E-state index contributed by atoms with van der Waals surface area (Å²) in [5.74, 6) is -1.41. The van der Waals surface area contributed by atoms with Gasteiger partial charge in [0.05, 0.1) is 0 Å². The minimum absolute atomic E-state index is 0.482. The predicted molar refractivity (Wildman–Crippen MR) is 24.2 cm³/mol. The zero-order chi connectivity index (χ0) is 7.49. The molecule has 0 radical (unpaired) electrons. The number of carbonyl (C=O) groups is 1. The van der Waals surface area contributed by atoms with Gasteiger partial charge in [0.2, 0.25) is 0 Å². The summed E-state index contributed by atoms with van der Waals surface area (Å²) >= 11 is 0. The van der Waals surface area contributed by atoms with Gasteiger partial charge in [-0.05, 0) is 0 Å². The van der Waals surface area contributed by atoms with Gasteiger partial charge in [-0.3, -0.25) is 0 Å². The van der Waals surface area contributed by atoms with E-state index < -0.39 is 18.7 Å². The van der Waals surface area contributed by atoms with E-state index in [-0.39, 0.29) is 0 Å². The van der Waals surface area contributed by atoms with Gasteiger partial charge in [-0.1, -0.05) is 0 Å². The molecule has 0 saturated carbocycles. The summed E-state index contributed by atoms with van der Waals surface area (Å²) in [4.78, 5) is 9.59. The molecule has 0 aromatic carbocycles. The number of hydrogen-bond acceptors (Lipinski definition) is 2. The molecule has 1 N–H and O–H groups in total. The first-order valence-corrected chi connectivity index (χ1v) is 2.15. The fourth-order valence-corrected chi connectivity index (χ4v) is 0.188. The van der Waals surface area contributed by atoms with Crippen LogP contribution in [0.2, 0.25) is 0 Å². The van der Waals surface area contributed by atoms with Crippen molar-refractivity contribution in [2.45, 2.75) is 13.0 Å². The topological polar surface area (TPSA) is 46.5 Å². The van der Waals surface area contributed by atoms with Gasteiger partial charge in [0.1, 0.15) is 0 Å². The lowest BCUT2D eigenvalue weighted by molar-refractivity contribution is -0.227. The monoisotopic (exact) mass is 140 g/mol. The highest BCUT2D eigenvalue weighted by molar-refractivity contribution is 5.68. The maximum atomic E-state index is 11.6. The largest absolute Gasteiger partial charge is 0.480 e. The van der Waals surface area contributed by atoms with Crippen molar-refractivity contribution in [1.82, 2.24) is 0 Å². The molecule has 0 aliphatic rings. The lowest BCUT2D eigenvalue weighted by Gasteiger charge is -2.07. The Morgan fingerprint density at radius 1 is 1.78 bits per heavy atom. The van der Waals surface area contributed by atoms with Gasteiger partial charge in [-0.25, -0.2) is 4.79 Å². The van der Waals surface area contributed by atoms with Gasteiger partial charge < -0.3 is 9.84 Å². The molecular weight excluding hydrogens is 134 g/mol. The molecule has 0 aromatic heterocycles. The number of ether oxygens (including phenoxy) is 1. The highest BCUT2D eigenvalue weighted by atomic mass is 19.3. The van der Waals surface area contributed by atoms with Crippen molar-refractivity contribution < 1.29 is 23.4 Å². The molecule has 0 atom stereocenters. The van der Waals surface area contributed by atoms with Crippen molar-refractivity contribution in [1.29, 1.82) is 0 Å². The minimum atomic E-state index is -3.35. The Morgan fingerprint density at radius 3 is 2.33 bits per heavy atom. The van der Waals surface area contributed by atoms with Gasteiger partial charge in [0, 0.05) is 6.92 Å². The first-order valence-electron chi connectivity index (χ1n) is 2.15. The van der Waals surface area contributed by atoms with Crippen LogP contribution < -0.4 is 0 Å². The van der Waals surface area contributed by atoms with E-state index >= 15 is 0 Å². The molecule has 0 bridgehead atoms. The maximum absolute atomic E-state index is 11.6. The van der Waals surface area contributed by atoms with Crippen LogP contribution >= 0.6 is 0 Å². The second-order valence-corrected chi connectivity index (χ2v) is 1.49. The van der Waals surface area contributed by atoms with E-state index in [2.05, 4.69) is 4.74 Å². The molecule has 54 valence electrons. The number of carboxylic acid groups (broad SMARTS) is 1. The smallest absolute Gasteiger partial charge is 0.353 e. The first-order chi connectivity index (χ1) is 3.92. The van der Waals surface area contributed by atoms with Crippen LogP contribution in [0.1, 0.15) is 6.92 Å². The van der Waals surface area contributed by atoms with Crippen LogP contribution in [0.25, 0.3) is 0 Å². The van der Waals surface area contributed by atoms with Crippen LogP contribution in [0.3, 0.4) is 0 Å². The van der Waals surface area contributed by atoms with Gasteiger partial charge >= 0.3 is 12.1 Å². The molecule has 0 rings (SSSR count). The number of carboxylic acids is 1. The SMILES string of the molecule is CC(F)(F)OCC(=O)O. The second kappa shape index (κ2) is 2.72. The molecule has 0 aliphatic carbocycles. The maximum Gasteiger partial charge on any atom is 0.353 e. The molecule has 9 heavy (non-hydrogen) atoms. The van der Waals surface area contributed by atoms with Crippen LogP contribution in [-0.4, -0.2) is 23.8 Å². The number of hydrogen-bond donors (Lipinski definition) is 1. The first kappa shape index (κ1) is 8.29. The molecule has 0 aromatic rings. The zero-order valence-corrected chi connectivity index (χ0v) is 4.73. The fourth-order valence-electron chi connectivity index (χ4n) is 0.188. The third-order valence-corrected chi connectivity index (χ3v) is 0.449. The van der Waals surface area contributed by atoms with E-state index in [0.717, 1.165) is 0 Å². The molecule has 0 aliphatic heterocycles. The number of aliphatic carboxylic acids is 1. The second-order valence-electron chi connectivity index (χ2n) is 1.49. The summed E-state index contributed by atoms with van der Waals surface area (Å²) in [6.45, 7) is -0.487. The van der Waals surface area contributed by atoms with Gasteiger partial charge in [0.15, 0.2) is 6.61 Å². The number of alkyl halides is 2. The highest BCUT2D eigenvalue weighted by Gasteiger charge is 2.22. The Bertz CT molecular complexity index is 107. The average molecular weight is 140 g/mol. The zero-order valence-electron chi connectivity index (χ0n) is 4.73. The summed E-state index contributed by atoms with van der Waals surface area (Å²) in [7, 11) is 0. The summed E-state index contributed by atoms with van der Waals surface area (Å²) in [5, 5.41) is 7.82. The third kappa shape index (κ3) is 7.29. The Balaban J connectivity index is 3.39. The van der Waals surface area contributed by atoms with E-state index in [1.165, 1.54) is 0 Å². The van der Waals surface area contributed by atoms with E-state index in [9.17, 15) is 13.6 Å². The molecule has 0 saturated heterocycles. The average Bonchev–Trinajstić information content (AvgIpc) is 1.59. The van der Waals surface area contributed by atoms with Crippen molar-refractivity contribution >= 4 is 5.97 Å². The molecular formula is C4H6F2O3. The van der Waals surface area contributed by atoms with Crippen molar-refractivity contribution in [2.24, 2.45) is 0 Å². The number of rotatable bonds is 3. The van der Waals surface area contributed by atoms with Crippen molar-refractivity contribution in [3.63, 3.8) is 0 Å². The van der Waals surface area contributed by atoms with Crippen LogP contribution in [0.5, 0.6) is 0 Å². The molecule has 3 nitrogen and oxygen atoms in total. The van der Waals surface area contributed by atoms with Crippen LogP contribution in [-0.2, 0) is 9.53 Å². The molecule has 0 unspecified atom stereocenters. The summed E-state index contributed by atoms with van der Waals surface area (Å²) in [6.07, 6.45) is -3.35.